The first-order chi connectivity index (χ1) is 10.1. The van der Waals surface area contributed by atoms with Gasteiger partial charge in [-0.3, -0.25) is 15.1 Å². The molecular formula is C14H10BrN3O2S. The minimum Gasteiger partial charge on any atom is -0.380 e. The van der Waals surface area contributed by atoms with Gasteiger partial charge in [0.25, 0.3) is 5.69 Å². The van der Waals surface area contributed by atoms with E-state index in [0.717, 1.165) is 14.9 Å². The highest BCUT2D eigenvalue weighted by Crippen LogP contribution is 2.31. The standard InChI is InChI=1S/C14H10BrN3O2S/c15-14-4-1-9(21-14)7-17-12-2-3-13(18(19)20)11-8-16-6-5-10(11)12/h1-6,8,17H,7H2. The van der Waals surface area contributed by atoms with Crippen molar-refractivity contribution < 1.29 is 4.92 Å². The minimum absolute atomic E-state index is 0.0718. The van der Waals surface area contributed by atoms with E-state index in [1.165, 1.54) is 17.1 Å². The average molecular weight is 364 g/mol. The lowest BCUT2D eigenvalue weighted by Gasteiger charge is -2.09. The number of nitrogens with one attached hydrogen (secondary N) is 1. The summed E-state index contributed by atoms with van der Waals surface area (Å²) < 4.78 is 1.08. The molecule has 1 N–H and O–H groups in total. The van der Waals surface area contributed by atoms with Crippen molar-refractivity contribution in [1.82, 2.24) is 4.98 Å². The van der Waals surface area contributed by atoms with E-state index < -0.39 is 0 Å². The molecule has 2 heterocycles. The van der Waals surface area contributed by atoms with Gasteiger partial charge in [-0.2, -0.15) is 0 Å². The molecule has 0 fully saturated rings. The van der Waals surface area contributed by atoms with Crippen LogP contribution < -0.4 is 5.32 Å². The summed E-state index contributed by atoms with van der Waals surface area (Å²) in [6.45, 7) is 0.672. The SMILES string of the molecule is O=[N+]([O-])c1ccc(NCc2ccc(Br)s2)c2ccncc12. The van der Waals surface area contributed by atoms with E-state index in [1.54, 1.807) is 29.7 Å². The molecule has 0 radical (unpaired) electrons. The van der Waals surface area contributed by atoms with Gasteiger partial charge in [0.05, 0.1) is 14.1 Å². The normalized spacial score (nSPS) is 10.7. The van der Waals surface area contributed by atoms with Crippen molar-refractivity contribution >= 4 is 49.4 Å². The summed E-state index contributed by atoms with van der Waals surface area (Å²) in [6.07, 6.45) is 3.17. The molecule has 0 aliphatic rings. The molecular weight excluding hydrogens is 354 g/mol. The van der Waals surface area contributed by atoms with Crippen LogP contribution in [-0.4, -0.2) is 9.91 Å². The number of aromatic nitrogens is 1. The number of hydrogen-bond donors (Lipinski definition) is 1. The fourth-order valence-electron chi connectivity index (χ4n) is 2.12. The summed E-state index contributed by atoms with van der Waals surface area (Å²) in [6, 6.07) is 9.07. The molecule has 21 heavy (non-hydrogen) atoms. The molecule has 0 saturated carbocycles. The van der Waals surface area contributed by atoms with Crippen LogP contribution in [0.5, 0.6) is 0 Å². The van der Waals surface area contributed by atoms with Gasteiger partial charge < -0.3 is 5.32 Å². The van der Waals surface area contributed by atoms with E-state index in [0.29, 0.717) is 11.9 Å². The van der Waals surface area contributed by atoms with Crippen LogP contribution >= 0.6 is 27.3 Å². The monoisotopic (exact) mass is 363 g/mol. The Labute approximate surface area is 132 Å². The lowest BCUT2D eigenvalue weighted by atomic mass is 10.1. The third kappa shape index (κ3) is 2.88. The third-order valence-electron chi connectivity index (χ3n) is 3.07. The predicted molar refractivity (Wildman–Crippen MR) is 87.7 cm³/mol. The van der Waals surface area contributed by atoms with Crippen LogP contribution in [-0.2, 0) is 6.54 Å². The molecule has 0 amide bonds. The third-order valence-corrected chi connectivity index (χ3v) is 4.70. The number of rotatable bonds is 4. The van der Waals surface area contributed by atoms with Crippen molar-refractivity contribution in [1.29, 1.82) is 0 Å². The Morgan fingerprint density at radius 2 is 2.10 bits per heavy atom. The molecule has 0 aliphatic heterocycles. The molecule has 0 saturated heterocycles. The zero-order valence-corrected chi connectivity index (χ0v) is 13.1. The van der Waals surface area contributed by atoms with Crippen LogP contribution in [0.1, 0.15) is 4.88 Å². The molecule has 3 rings (SSSR count). The maximum atomic E-state index is 11.1. The van der Waals surface area contributed by atoms with Gasteiger partial charge in [-0.05, 0) is 40.2 Å². The van der Waals surface area contributed by atoms with E-state index in [2.05, 4.69) is 26.2 Å². The molecule has 2 aromatic heterocycles. The van der Waals surface area contributed by atoms with E-state index in [1.807, 2.05) is 12.1 Å². The van der Waals surface area contributed by atoms with Crippen LogP contribution in [0.3, 0.4) is 0 Å². The average Bonchev–Trinajstić information content (AvgIpc) is 2.90. The summed E-state index contributed by atoms with van der Waals surface area (Å²) in [5.74, 6) is 0. The van der Waals surface area contributed by atoms with Crippen LogP contribution in [0.2, 0.25) is 0 Å². The number of thiophene rings is 1. The Hall–Kier alpha value is -1.99. The number of halogens is 1. The maximum absolute atomic E-state index is 11.1. The molecule has 3 aromatic rings. The van der Waals surface area contributed by atoms with Gasteiger partial charge in [-0.25, -0.2) is 0 Å². The fourth-order valence-corrected chi connectivity index (χ4v) is 3.54. The van der Waals surface area contributed by atoms with Crippen LogP contribution in [0.15, 0.2) is 46.5 Å². The number of pyridine rings is 1. The second-order valence-electron chi connectivity index (χ2n) is 4.37. The molecule has 0 atom stereocenters. The lowest BCUT2D eigenvalue weighted by molar-refractivity contribution is -0.383. The van der Waals surface area contributed by atoms with Gasteiger partial charge in [0.2, 0.25) is 0 Å². The number of hydrogen-bond acceptors (Lipinski definition) is 5. The van der Waals surface area contributed by atoms with Crippen molar-refractivity contribution in [3.63, 3.8) is 0 Å². The molecule has 106 valence electrons. The molecule has 0 unspecified atom stereocenters. The van der Waals surface area contributed by atoms with E-state index >= 15 is 0 Å². The highest BCUT2D eigenvalue weighted by atomic mass is 79.9. The second-order valence-corrected chi connectivity index (χ2v) is 6.92. The Balaban J connectivity index is 1.96. The number of nitro benzene ring substituents is 1. The molecule has 1 aromatic carbocycles. The Kier molecular flexibility index (Phi) is 3.85. The molecule has 0 spiro atoms. The quantitative estimate of drug-likeness (QED) is 0.544. The smallest absolute Gasteiger partial charge is 0.278 e. The first-order valence-corrected chi connectivity index (χ1v) is 7.75. The highest BCUT2D eigenvalue weighted by Gasteiger charge is 2.14. The lowest BCUT2D eigenvalue weighted by Crippen LogP contribution is -1.99. The number of nitrogens with zero attached hydrogens (tertiary/aromatic N) is 2. The first kappa shape index (κ1) is 14.0. The molecule has 0 aliphatic carbocycles. The van der Waals surface area contributed by atoms with Gasteiger partial charge in [0.1, 0.15) is 0 Å². The van der Waals surface area contributed by atoms with Gasteiger partial charge in [-0.15, -0.1) is 11.3 Å². The van der Waals surface area contributed by atoms with E-state index in [9.17, 15) is 10.1 Å². The minimum atomic E-state index is -0.385. The van der Waals surface area contributed by atoms with Crippen molar-refractivity contribution in [2.45, 2.75) is 6.54 Å². The summed E-state index contributed by atoms with van der Waals surface area (Å²) in [4.78, 5) is 15.8. The first-order valence-electron chi connectivity index (χ1n) is 6.14. The van der Waals surface area contributed by atoms with Crippen molar-refractivity contribution in [2.75, 3.05) is 5.32 Å². The number of non-ortho nitro benzene ring substituents is 1. The number of benzene rings is 1. The van der Waals surface area contributed by atoms with Gasteiger partial charge in [-0.1, -0.05) is 0 Å². The zero-order valence-electron chi connectivity index (χ0n) is 10.7. The summed E-state index contributed by atoms with van der Waals surface area (Å²) in [5.41, 5.74) is 0.935. The van der Waals surface area contributed by atoms with Crippen molar-refractivity contribution in [3.05, 3.63) is 61.5 Å². The molecule has 5 nitrogen and oxygen atoms in total. The van der Waals surface area contributed by atoms with Gasteiger partial charge in [0.15, 0.2) is 0 Å². The highest BCUT2D eigenvalue weighted by molar-refractivity contribution is 9.11. The van der Waals surface area contributed by atoms with Crippen LogP contribution in [0, 0.1) is 10.1 Å². The Morgan fingerprint density at radius 1 is 1.24 bits per heavy atom. The largest absolute Gasteiger partial charge is 0.380 e. The van der Waals surface area contributed by atoms with Gasteiger partial charge in [0, 0.05) is 41.0 Å². The fraction of sp³-hybridized carbons (Fsp3) is 0.0714. The van der Waals surface area contributed by atoms with Crippen molar-refractivity contribution in [2.24, 2.45) is 0 Å². The van der Waals surface area contributed by atoms with Crippen molar-refractivity contribution in [3.8, 4) is 0 Å². The second kappa shape index (κ2) is 5.79. The summed E-state index contributed by atoms with van der Waals surface area (Å²) in [7, 11) is 0. The Morgan fingerprint density at radius 3 is 2.81 bits per heavy atom. The zero-order chi connectivity index (χ0) is 14.8. The van der Waals surface area contributed by atoms with Crippen LogP contribution in [0.4, 0.5) is 11.4 Å². The number of anilines is 1. The maximum Gasteiger partial charge on any atom is 0.278 e. The van der Waals surface area contributed by atoms with E-state index in [-0.39, 0.29) is 10.6 Å². The summed E-state index contributed by atoms with van der Waals surface area (Å²) in [5, 5.41) is 15.7. The molecule has 7 heteroatoms. The number of nitro groups is 1. The number of fused-ring (bicyclic) bond motifs is 1. The van der Waals surface area contributed by atoms with Gasteiger partial charge >= 0.3 is 0 Å². The molecule has 0 bridgehead atoms. The van der Waals surface area contributed by atoms with Crippen LogP contribution in [0.25, 0.3) is 10.8 Å². The topological polar surface area (TPSA) is 68.1 Å². The predicted octanol–water partition coefficient (Wildman–Crippen LogP) is 4.58. The van der Waals surface area contributed by atoms with E-state index in [4.69, 9.17) is 0 Å². The Bertz CT molecular complexity index is 819. The summed E-state index contributed by atoms with van der Waals surface area (Å²) >= 11 is 5.09.